The molecule has 0 saturated carbocycles. The SMILES string of the molecule is CCN(CC)CCNc1ccc([N+](=O)[O-])cc1NC(=O)Cc1ccc(O)cc1. The van der Waals surface area contributed by atoms with Crippen molar-refractivity contribution < 1.29 is 14.8 Å². The third-order valence-electron chi connectivity index (χ3n) is 4.43. The van der Waals surface area contributed by atoms with Crippen LogP contribution in [0.15, 0.2) is 42.5 Å². The van der Waals surface area contributed by atoms with E-state index in [0.717, 1.165) is 25.2 Å². The smallest absolute Gasteiger partial charge is 0.271 e. The molecule has 2 rings (SSSR count). The van der Waals surface area contributed by atoms with Crippen molar-refractivity contribution >= 4 is 23.0 Å². The van der Waals surface area contributed by atoms with Crippen LogP contribution < -0.4 is 10.6 Å². The lowest BCUT2D eigenvalue weighted by Crippen LogP contribution is -2.28. The van der Waals surface area contributed by atoms with Gasteiger partial charge in [-0.25, -0.2) is 0 Å². The summed E-state index contributed by atoms with van der Waals surface area (Å²) >= 11 is 0. The maximum atomic E-state index is 12.4. The molecule has 2 aromatic rings. The number of phenols is 1. The largest absolute Gasteiger partial charge is 0.508 e. The fraction of sp³-hybridized carbons (Fsp3) is 0.350. The van der Waals surface area contributed by atoms with Crippen molar-refractivity contribution in [2.24, 2.45) is 0 Å². The van der Waals surface area contributed by atoms with Crippen molar-refractivity contribution in [3.63, 3.8) is 0 Å². The van der Waals surface area contributed by atoms with Crippen LogP contribution in [0, 0.1) is 10.1 Å². The molecule has 8 nitrogen and oxygen atoms in total. The zero-order valence-corrected chi connectivity index (χ0v) is 16.1. The van der Waals surface area contributed by atoms with Crippen LogP contribution in [0.4, 0.5) is 17.1 Å². The van der Waals surface area contributed by atoms with E-state index in [2.05, 4.69) is 29.4 Å². The lowest BCUT2D eigenvalue weighted by molar-refractivity contribution is -0.384. The molecule has 0 spiro atoms. The van der Waals surface area contributed by atoms with Crippen LogP contribution in [0.2, 0.25) is 0 Å². The maximum Gasteiger partial charge on any atom is 0.271 e. The summed E-state index contributed by atoms with van der Waals surface area (Å²) in [5.41, 5.74) is 1.65. The predicted molar refractivity (Wildman–Crippen MR) is 110 cm³/mol. The van der Waals surface area contributed by atoms with E-state index in [9.17, 15) is 20.0 Å². The Hall–Kier alpha value is -3.13. The van der Waals surface area contributed by atoms with Crippen molar-refractivity contribution in [2.45, 2.75) is 20.3 Å². The van der Waals surface area contributed by atoms with E-state index in [1.807, 2.05) is 0 Å². The molecule has 0 heterocycles. The van der Waals surface area contributed by atoms with Crippen LogP contribution in [-0.4, -0.2) is 47.0 Å². The second-order valence-electron chi connectivity index (χ2n) is 6.33. The average molecular weight is 386 g/mol. The first kappa shape index (κ1) is 21.2. The third kappa shape index (κ3) is 6.24. The van der Waals surface area contributed by atoms with Crippen molar-refractivity contribution in [1.82, 2.24) is 4.90 Å². The number of nitrogens with zero attached hydrogens (tertiary/aromatic N) is 2. The number of carbonyl (C=O) groups is 1. The van der Waals surface area contributed by atoms with Crippen LogP contribution in [0.5, 0.6) is 5.75 Å². The number of anilines is 2. The Kier molecular flexibility index (Phi) is 7.76. The summed E-state index contributed by atoms with van der Waals surface area (Å²) in [7, 11) is 0. The van der Waals surface area contributed by atoms with Crippen molar-refractivity contribution in [3.05, 3.63) is 58.1 Å². The molecule has 0 unspecified atom stereocenters. The number of carbonyl (C=O) groups excluding carboxylic acids is 1. The van der Waals surface area contributed by atoms with Gasteiger partial charge in [0.05, 0.1) is 22.7 Å². The Balaban J connectivity index is 2.10. The van der Waals surface area contributed by atoms with Gasteiger partial charge in [0, 0.05) is 25.2 Å². The van der Waals surface area contributed by atoms with Crippen LogP contribution in [0.1, 0.15) is 19.4 Å². The number of nitro benzene ring substituents is 1. The number of nitrogens with one attached hydrogen (secondary N) is 2. The third-order valence-corrected chi connectivity index (χ3v) is 4.43. The lowest BCUT2D eigenvalue weighted by Gasteiger charge is -2.19. The van der Waals surface area contributed by atoms with Crippen LogP contribution in [0.25, 0.3) is 0 Å². The highest BCUT2D eigenvalue weighted by atomic mass is 16.6. The van der Waals surface area contributed by atoms with E-state index < -0.39 is 4.92 Å². The number of hydrogen-bond acceptors (Lipinski definition) is 6. The average Bonchev–Trinajstić information content (AvgIpc) is 2.68. The molecular weight excluding hydrogens is 360 g/mol. The van der Waals surface area contributed by atoms with Gasteiger partial charge in [0.25, 0.3) is 5.69 Å². The highest BCUT2D eigenvalue weighted by Crippen LogP contribution is 2.27. The number of benzene rings is 2. The molecule has 0 saturated heterocycles. The minimum atomic E-state index is -0.491. The minimum Gasteiger partial charge on any atom is -0.508 e. The molecular formula is C20H26N4O4. The number of hydrogen-bond donors (Lipinski definition) is 3. The van der Waals surface area contributed by atoms with Gasteiger partial charge < -0.3 is 20.6 Å². The number of aromatic hydroxyl groups is 1. The Labute approximate surface area is 164 Å². The van der Waals surface area contributed by atoms with E-state index >= 15 is 0 Å². The molecule has 0 aliphatic heterocycles. The molecule has 8 heteroatoms. The summed E-state index contributed by atoms with van der Waals surface area (Å²) in [4.78, 5) is 25.3. The molecule has 28 heavy (non-hydrogen) atoms. The van der Waals surface area contributed by atoms with Crippen molar-refractivity contribution in [1.29, 1.82) is 0 Å². The number of nitro groups is 1. The molecule has 3 N–H and O–H groups in total. The molecule has 1 amide bonds. The predicted octanol–water partition coefficient (Wildman–Crippen LogP) is 3.24. The fourth-order valence-corrected chi connectivity index (χ4v) is 2.79. The zero-order chi connectivity index (χ0) is 20.5. The monoisotopic (exact) mass is 386 g/mol. The summed E-state index contributed by atoms with van der Waals surface area (Å²) in [6.45, 7) is 7.53. The first-order valence-electron chi connectivity index (χ1n) is 9.25. The van der Waals surface area contributed by atoms with E-state index in [4.69, 9.17) is 0 Å². The van der Waals surface area contributed by atoms with E-state index in [0.29, 0.717) is 17.9 Å². The molecule has 0 radical (unpaired) electrons. The van der Waals surface area contributed by atoms with E-state index in [1.54, 1.807) is 18.2 Å². The highest BCUT2D eigenvalue weighted by molar-refractivity contribution is 5.96. The molecule has 0 aliphatic carbocycles. The van der Waals surface area contributed by atoms with Gasteiger partial charge in [-0.2, -0.15) is 0 Å². The van der Waals surface area contributed by atoms with Gasteiger partial charge >= 0.3 is 0 Å². The quantitative estimate of drug-likeness (QED) is 0.427. The molecule has 0 atom stereocenters. The second-order valence-corrected chi connectivity index (χ2v) is 6.33. The normalized spacial score (nSPS) is 10.7. The van der Waals surface area contributed by atoms with Crippen LogP contribution in [-0.2, 0) is 11.2 Å². The van der Waals surface area contributed by atoms with Gasteiger partial charge in [-0.3, -0.25) is 14.9 Å². The zero-order valence-electron chi connectivity index (χ0n) is 16.1. The van der Waals surface area contributed by atoms with Crippen molar-refractivity contribution in [2.75, 3.05) is 36.8 Å². The standard InChI is InChI=1S/C20H26N4O4/c1-3-23(4-2)12-11-21-18-10-7-16(24(27)28)14-19(18)22-20(26)13-15-5-8-17(25)9-6-15/h5-10,14,21,25H,3-4,11-13H2,1-2H3,(H,22,26). The maximum absolute atomic E-state index is 12.4. The minimum absolute atomic E-state index is 0.0887. The van der Waals surface area contributed by atoms with Gasteiger partial charge in [0.2, 0.25) is 5.91 Å². The van der Waals surface area contributed by atoms with Gasteiger partial charge in [-0.15, -0.1) is 0 Å². The molecule has 150 valence electrons. The van der Waals surface area contributed by atoms with E-state index in [-0.39, 0.29) is 23.8 Å². The van der Waals surface area contributed by atoms with Crippen LogP contribution in [0.3, 0.4) is 0 Å². The summed E-state index contributed by atoms with van der Waals surface area (Å²) in [6.07, 6.45) is 0.0991. The number of phenolic OH excluding ortho intramolecular Hbond substituents is 1. The van der Waals surface area contributed by atoms with Crippen molar-refractivity contribution in [3.8, 4) is 5.75 Å². The summed E-state index contributed by atoms with van der Waals surface area (Å²) < 4.78 is 0. The summed E-state index contributed by atoms with van der Waals surface area (Å²) in [5, 5.41) is 26.4. The molecule has 2 aromatic carbocycles. The van der Waals surface area contributed by atoms with Gasteiger partial charge in [0.1, 0.15) is 5.75 Å². The number of non-ortho nitro benzene ring substituents is 1. The topological polar surface area (TPSA) is 108 Å². The first-order chi connectivity index (χ1) is 13.4. The second kappa shape index (κ2) is 10.3. The Morgan fingerprint density at radius 1 is 1.11 bits per heavy atom. The summed E-state index contributed by atoms with van der Waals surface area (Å²) in [5.74, 6) is -0.166. The number of likely N-dealkylation sites (N-methyl/N-ethyl adjacent to an activating group) is 1. The van der Waals surface area contributed by atoms with Gasteiger partial charge in [-0.05, 0) is 36.9 Å². The Morgan fingerprint density at radius 2 is 1.79 bits per heavy atom. The first-order valence-corrected chi connectivity index (χ1v) is 9.25. The molecule has 0 bridgehead atoms. The molecule has 0 aliphatic rings. The van der Waals surface area contributed by atoms with Gasteiger partial charge in [0.15, 0.2) is 0 Å². The summed E-state index contributed by atoms with van der Waals surface area (Å²) in [6, 6.07) is 10.7. The number of amides is 1. The fourth-order valence-electron chi connectivity index (χ4n) is 2.79. The Bertz CT molecular complexity index is 804. The Morgan fingerprint density at radius 3 is 2.39 bits per heavy atom. The van der Waals surface area contributed by atoms with E-state index in [1.165, 1.54) is 24.3 Å². The highest BCUT2D eigenvalue weighted by Gasteiger charge is 2.14. The lowest BCUT2D eigenvalue weighted by atomic mass is 10.1. The van der Waals surface area contributed by atoms with Gasteiger partial charge in [-0.1, -0.05) is 26.0 Å². The number of rotatable bonds is 10. The molecule has 0 aromatic heterocycles. The van der Waals surface area contributed by atoms with Crippen LogP contribution >= 0.6 is 0 Å². The molecule has 0 fully saturated rings.